The van der Waals surface area contributed by atoms with Gasteiger partial charge >= 0.3 is 0 Å². The van der Waals surface area contributed by atoms with Crippen molar-refractivity contribution in [3.63, 3.8) is 0 Å². The largest absolute Gasteiger partial charge is 0.348 e. The number of carbonyl (C=O) groups excluding carboxylic acids is 1. The van der Waals surface area contributed by atoms with E-state index in [0.29, 0.717) is 35.7 Å². The summed E-state index contributed by atoms with van der Waals surface area (Å²) in [7, 11) is 1.69. The molecule has 142 valence electrons. The number of H-pyrrole nitrogens is 1. The van der Waals surface area contributed by atoms with E-state index in [1.165, 1.54) is 15.3 Å². The van der Waals surface area contributed by atoms with Gasteiger partial charge in [0.05, 0.1) is 17.7 Å². The Morgan fingerprint density at radius 3 is 2.96 bits per heavy atom. The van der Waals surface area contributed by atoms with Crippen LogP contribution in [0, 0.1) is 12.7 Å². The number of fused-ring (bicyclic) bond motifs is 2. The minimum atomic E-state index is -0.543. The van der Waals surface area contributed by atoms with Crippen LogP contribution in [0.5, 0.6) is 0 Å². The Kier molecular flexibility index (Phi) is 3.54. The molecule has 1 aliphatic rings. The summed E-state index contributed by atoms with van der Waals surface area (Å²) >= 11 is 0. The Morgan fingerprint density at radius 2 is 2.21 bits per heavy atom. The lowest BCUT2D eigenvalue weighted by Crippen LogP contribution is -2.42. The van der Waals surface area contributed by atoms with Crippen molar-refractivity contribution >= 4 is 11.4 Å². The quantitative estimate of drug-likeness (QED) is 0.567. The fourth-order valence-corrected chi connectivity index (χ4v) is 3.76. The predicted molar refractivity (Wildman–Crippen MR) is 96.1 cm³/mol. The molecule has 1 N–H and O–H groups in total. The average molecular weight is 380 g/mol. The highest BCUT2D eigenvalue weighted by Crippen LogP contribution is 2.34. The molecular weight excluding hydrogens is 363 g/mol. The first-order valence-corrected chi connectivity index (χ1v) is 8.87. The molecule has 4 aromatic rings. The topological polar surface area (TPSA) is 97.0 Å². The van der Waals surface area contributed by atoms with Gasteiger partial charge < -0.3 is 9.88 Å². The lowest BCUT2D eigenvalue weighted by Gasteiger charge is -2.33. The molecule has 0 aromatic carbocycles. The van der Waals surface area contributed by atoms with E-state index in [0.717, 1.165) is 5.69 Å². The second kappa shape index (κ2) is 5.98. The number of nitrogens with zero attached hydrogens (tertiary/aromatic N) is 7. The van der Waals surface area contributed by atoms with Crippen molar-refractivity contribution < 1.29 is 9.18 Å². The molecule has 0 aliphatic carbocycles. The van der Waals surface area contributed by atoms with Crippen molar-refractivity contribution in [3.05, 3.63) is 65.3 Å². The second-order valence-electron chi connectivity index (χ2n) is 6.78. The maximum Gasteiger partial charge on any atom is 0.292 e. The highest BCUT2D eigenvalue weighted by Gasteiger charge is 2.37. The third-order valence-corrected chi connectivity index (χ3v) is 5.00. The molecule has 1 amide bonds. The van der Waals surface area contributed by atoms with Crippen molar-refractivity contribution in [3.8, 4) is 0 Å². The van der Waals surface area contributed by atoms with E-state index in [9.17, 15) is 9.18 Å². The van der Waals surface area contributed by atoms with Crippen LogP contribution in [0.4, 0.5) is 4.39 Å². The number of carbonyl (C=O) groups is 1. The number of pyridine rings is 1. The normalized spacial score (nSPS) is 16.5. The molecule has 9 nitrogen and oxygen atoms in total. The number of nitrogens with one attached hydrogen (secondary N) is 1. The van der Waals surface area contributed by atoms with Crippen LogP contribution >= 0.6 is 0 Å². The molecule has 0 fully saturated rings. The highest BCUT2D eigenvalue weighted by molar-refractivity contribution is 5.91. The predicted octanol–water partition coefficient (Wildman–Crippen LogP) is 1.42. The van der Waals surface area contributed by atoms with E-state index in [1.54, 1.807) is 43.5 Å². The van der Waals surface area contributed by atoms with Crippen molar-refractivity contribution in [2.24, 2.45) is 7.05 Å². The zero-order chi connectivity index (χ0) is 19.4. The van der Waals surface area contributed by atoms with Crippen molar-refractivity contribution in [2.75, 3.05) is 6.54 Å². The molecule has 4 aromatic heterocycles. The Bertz CT molecular complexity index is 1210. The number of aromatic amines is 1. The summed E-state index contributed by atoms with van der Waals surface area (Å²) in [6, 6.07) is 4.09. The maximum absolute atomic E-state index is 14.2. The van der Waals surface area contributed by atoms with E-state index in [-0.39, 0.29) is 17.5 Å². The molecule has 0 spiro atoms. The second-order valence-corrected chi connectivity index (χ2v) is 6.78. The number of amides is 1. The zero-order valence-electron chi connectivity index (χ0n) is 15.3. The summed E-state index contributed by atoms with van der Waals surface area (Å²) in [5.41, 5.74) is 2.55. The number of rotatable bonds is 2. The summed E-state index contributed by atoms with van der Waals surface area (Å²) in [6.45, 7) is 2.20. The standard InChI is InChI=1S/C18H17FN8O/c1-10-22-17(25(2)23-10)18(28)26-7-5-12-15(21-9-20-12)16(26)13-8-14-11(19)4-3-6-27(14)24-13/h3-4,6,8-9,16H,5,7H2,1-2H3,(H,20,21). The molecule has 0 saturated carbocycles. The Labute approximate surface area is 158 Å². The van der Waals surface area contributed by atoms with E-state index in [4.69, 9.17) is 0 Å². The lowest BCUT2D eigenvalue weighted by molar-refractivity contribution is 0.0669. The SMILES string of the molecule is Cc1nc(C(=O)N2CCc3[nH]cnc3C2c2cc3c(F)cccn3n2)n(C)n1. The number of aryl methyl sites for hydroxylation is 2. The number of hydrogen-bond acceptors (Lipinski definition) is 5. The van der Waals surface area contributed by atoms with Gasteiger partial charge in [0.2, 0.25) is 5.82 Å². The van der Waals surface area contributed by atoms with Crippen molar-refractivity contribution in [1.29, 1.82) is 0 Å². The van der Waals surface area contributed by atoms with Gasteiger partial charge in [-0.25, -0.2) is 23.6 Å². The minimum absolute atomic E-state index is 0.247. The fraction of sp³-hybridized carbons (Fsp3) is 0.278. The van der Waals surface area contributed by atoms with Crippen LogP contribution in [0.25, 0.3) is 5.52 Å². The van der Waals surface area contributed by atoms with E-state index in [2.05, 4.69) is 25.1 Å². The van der Waals surface area contributed by atoms with Gasteiger partial charge in [-0.1, -0.05) is 0 Å². The molecule has 1 aliphatic heterocycles. The average Bonchev–Trinajstić information content (AvgIpc) is 3.38. The molecule has 1 unspecified atom stereocenters. The van der Waals surface area contributed by atoms with Crippen LogP contribution in [-0.2, 0) is 13.5 Å². The Hall–Kier alpha value is -3.56. The molecular formula is C18H17FN8O. The highest BCUT2D eigenvalue weighted by atomic mass is 19.1. The van der Waals surface area contributed by atoms with Crippen LogP contribution < -0.4 is 0 Å². The summed E-state index contributed by atoms with van der Waals surface area (Å²) in [5.74, 6) is 0.131. The minimum Gasteiger partial charge on any atom is -0.348 e. The van der Waals surface area contributed by atoms with Crippen molar-refractivity contribution in [1.82, 2.24) is 39.2 Å². The van der Waals surface area contributed by atoms with Crippen LogP contribution in [-0.4, -0.2) is 51.7 Å². The van der Waals surface area contributed by atoms with E-state index in [1.807, 2.05) is 0 Å². The summed E-state index contributed by atoms with van der Waals surface area (Å²) in [5, 5.41) is 8.69. The monoisotopic (exact) mass is 380 g/mol. The zero-order valence-corrected chi connectivity index (χ0v) is 15.3. The van der Waals surface area contributed by atoms with Gasteiger partial charge in [-0.2, -0.15) is 10.2 Å². The lowest BCUT2D eigenvalue weighted by atomic mass is 9.99. The third kappa shape index (κ3) is 2.41. The van der Waals surface area contributed by atoms with E-state index < -0.39 is 6.04 Å². The van der Waals surface area contributed by atoms with Gasteiger partial charge in [-0.15, -0.1) is 0 Å². The maximum atomic E-state index is 14.2. The molecule has 0 bridgehead atoms. The molecule has 0 radical (unpaired) electrons. The van der Waals surface area contributed by atoms with Gasteiger partial charge in [-0.3, -0.25) is 4.79 Å². The van der Waals surface area contributed by atoms with Gasteiger partial charge in [0.25, 0.3) is 5.91 Å². The molecule has 0 saturated heterocycles. The molecule has 10 heteroatoms. The molecule has 28 heavy (non-hydrogen) atoms. The fourth-order valence-electron chi connectivity index (χ4n) is 3.76. The van der Waals surface area contributed by atoms with Gasteiger partial charge in [0, 0.05) is 31.9 Å². The number of hydrogen-bond donors (Lipinski definition) is 1. The van der Waals surface area contributed by atoms with Gasteiger partial charge in [0.1, 0.15) is 23.2 Å². The number of imidazole rings is 1. The van der Waals surface area contributed by atoms with Crippen molar-refractivity contribution in [2.45, 2.75) is 19.4 Å². The first-order valence-electron chi connectivity index (χ1n) is 8.87. The van der Waals surface area contributed by atoms with Crippen LogP contribution in [0.3, 0.4) is 0 Å². The first kappa shape index (κ1) is 16.6. The van der Waals surface area contributed by atoms with Crippen LogP contribution in [0.15, 0.2) is 30.7 Å². The van der Waals surface area contributed by atoms with Crippen LogP contribution in [0.2, 0.25) is 0 Å². The summed E-state index contributed by atoms with van der Waals surface area (Å²) in [4.78, 5) is 26.8. The Morgan fingerprint density at radius 1 is 1.36 bits per heavy atom. The third-order valence-electron chi connectivity index (χ3n) is 5.00. The number of halogens is 1. The Balaban J connectivity index is 1.65. The smallest absolute Gasteiger partial charge is 0.292 e. The molecule has 1 atom stereocenters. The van der Waals surface area contributed by atoms with Crippen LogP contribution in [0.1, 0.15) is 39.6 Å². The summed E-state index contributed by atoms with van der Waals surface area (Å²) < 4.78 is 17.1. The molecule has 5 heterocycles. The number of aromatic nitrogens is 7. The van der Waals surface area contributed by atoms with E-state index >= 15 is 0 Å². The van der Waals surface area contributed by atoms with Gasteiger partial charge in [0.15, 0.2) is 0 Å². The molecule has 5 rings (SSSR count). The summed E-state index contributed by atoms with van der Waals surface area (Å²) in [6.07, 6.45) is 3.92. The van der Waals surface area contributed by atoms with Gasteiger partial charge in [-0.05, 0) is 25.1 Å². The first-order chi connectivity index (χ1) is 13.5.